The van der Waals surface area contributed by atoms with Crippen LogP contribution in [0.3, 0.4) is 0 Å². The molecule has 0 atom stereocenters. The van der Waals surface area contributed by atoms with Crippen LogP contribution in [0.1, 0.15) is 5.69 Å². The third-order valence-electron chi connectivity index (χ3n) is 4.32. The Hall–Kier alpha value is -2.91. The lowest BCUT2D eigenvalue weighted by Crippen LogP contribution is -2.47. The summed E-state index contributed by atoms with van der Waals surface area (Å²) in [6.45, 7) is 2.28. The van der Waals surface area contributed by atoms with Crippen molar-refractivity contribution in [3.63, 3.8) is 0 Å². The van der Waals surface area contributed by atoms with Crippen molar-refractivity contribution in [2.24, 2.45) is 0 Å². The van der Waals surface area contributed by atoms with Crippen LogP contribution in [-0.2, 0) is 6.18 Å². The lowest BCUT2D eigenvalue weighted by Gasteiger charge is -2.36. The van der Waals surface area contributed by atoms with Gasteiger partial charge in [0, 0.05) is 38.6 Å². The largest absolute Gasteiger partial charge is 0.434 e. The number of aromatic nitrogens is 4. The second-order valence-electron chi connectivity index (χ2n) is 5.95. The summed E-state index contributed by atoms with van der Waals surface area (Å²) >= 11 is 0. The van der Waals surface area contributed by atoms with Crippen molar-refractivity contribution in [1.29, 1.82) is 0 Å². The van der Waals surface area contributed by atoms with Crippen LogP contribution in [0.5, 0.6) is 0 Å². The minimum atomic E-state index is -4.47. The number of anilines is 2. The van der Waals surface area contributed by atoms with Crippen molar-refractivity contribution in [3.8, 4) is 0 Å². The Balaban J connectivity index is 1.51. The molecule has 3 aromatic rings. The number of fused-ring (bicyclic) bond motifs is 1. The lowest BCUT2D eigenvalue weighted by molar-refractivity contribution is -0.140. The molecule has 0 N–H and O–H groups in total. The number of piperazine rings is 1. The summed E-state index contributed by atoms with van der Waals surface area (Å²) in [6, 6.07) is 3.30. The van der Waals surface area contributed by atoms with Crippen LogP contribution in [-0.4, -0.2) is 45.5 Å². The second-order valence-corrected chi connectivity index (χ2v) is 5.95. The molecule has 1 saturated heterocycles. The highest BCUT2D eigenvalue weighted by molar-refractivity contribution is 5.54. The molecule has 0 aliphatic carbocycles. The first-order valence-corrected chi connectivity index (χ1v) is 7.93. The molecule has 1 aliphatic rings. The van der Waals surface area contributed by atoms with Gasteiger partial charge in [-0.25, -0.2) is 19.3 Å². The number of hydrogen-bond acceptors (Lipinski definition) is 5. The van der Waals surface area contributed by atoms with Gasteiger partial charge in [0.1, 0.15) is 12.0 Å². The van der Waals surface area contributed by atoms with Gasteiger partial charge in [-0.3, -0.25) is 0 Å². The number of hydrogen-bond donors (Lipinski definition) is 0. The Kier molecular flexibility index (Phi) is 3.89. The topological polar surface area (TPSA) is 49.6 Å². The summed E-state index contributed by atoms with van der Waals surface area (Å²) in [5.74, 6) is -0.208. The van der Waals surface area contributed by atoms with E-state index in [-0.39, 0.29) is 11.5 Å². The standard InChI is InChI=1S/C16H14F4N6/c17-12-7-21-10-22-15(12)25-5-3-24(4-6-25)11-1-2-14-23-13(16(18,19)20)9-26(14)8-11/h1-2,7-10H,3-6H2. The molecular formula is C16H14F4N6. The number of nitrogens with zero attached hydrogens (tertiary/aromatic N) is 6. The summed E-state index contributed by atoms with van der Waals surface area (Å²) in [7, 11) is 0. The number of halogens is 4. The first-order valence-electron chi connectivity index (χ1n) is 7.93. The SMILES string of the molecule is Fc1cncnc1N1CCN(c2ccc3nc(C(F)(F)F)cn3c2)CC1. The average Bonchev–Trinajstić information content (AvgIpc) is 3.06. The predicted molar refractivity (Wildman–Crippen MR) is 86.6 cm³/mol. The highest BCUT2D eigenvalue weighted by Crippen LogP contribution is 2.29. The molecule has 10 heteroatoms. The van der Waals surface area contributed by atoms with E-state index in [2.05, 4.69) is 15.0 Å². The molecule has 3 aromatic heterocycles. The van der Waals surface area contributed by atoms with E-state index in [0.29, 0.717) is 26.2 Å². The van der Waals surface area contributed by atoms with Crippen LogP contribution in [0.15, 0.2) is 37.1 Å². The smallest absolute Gasteiger partial charge is 0.367 e. The number of rotatable bonds is 2. The maximum absolute atomic E-state index is 13.8. The quantitative estimate of drug-likeness (QED) is 0.653. The zero-order valence-corrected chi connectivity index (χ0v) is 13.5. The van der Waals surface area contributed by atoms with Crippen LogP contribution in [0, 0.1) is 5.82 Å². The molecule has 0 unspecified atom stereocenters. The Morgan fingerprint density at radius 1 is 0.962 bits per heavy atom. The van der Waals surface area contributed by atoms with Gasteiger partial charge in [0.2, 0.25) is 0 Å². The van der Waals surface area contributed by atoms with Crippen LogP contribution >= 0.6 is 0 Å². The van der Waals surface area contributed by atoms with Gasteiger partial charge in [-0.15, -0.1) is 0 Å². The number of imidazole rings is 1. The average molecular weight is 366 g/mol. The van der Waals surface area contributed by atoms with Crippen molar-refractivity contribution in [2.45, 2.75) is 6.18 Å². The van der Waals surface area contributed by atoms with Crippen LogP contribution in [0.25, 0.3) is 5.65 Å². The Labute approximate surface area is 145 Å². The van der Waals surface area contributed by atoms with Crippen LogP contribution in [0.2, 0.25) is 0 Å². The van der Waals surface area contributed by atoms with Crippen molar-refractivity contribution in [2.75, 3.05) is 36.0 Å². The van der Waals surface area contributed by atoms with E-state index in [0.717, 1.165) is 18.1 Å². The fourth-order valence-electron chi connectivity index (χ4n) is 3.02. The van der Waals surface area contributed by atoms with Gasteiger partial charge in [0.15, 0.2) is 17.3 Å². The highest BCUT2D eigenvalue weighted by atomic mass is 19.4. The molecule has 0 spiro atoms. The van der Waals surface area contributed by atoms with E-state index in [1.165, 1.54) is 10.7 Å². The molecule has 0 bridgehead atoms. The molecule has 1 aliphatic heterocycles. The Morgan fingerprint density at radius 2 is 1.69 bits per heavy atom. The molecule has 4 rings (SSSR count). The molecular weight excluding hydrogens is 352 g/mol. The Bertz CT molecular complexity index is 930. The molecule has 4 heterocycles. The van der Waals surface area contributed by atoms with Gasteiger partial charge in [0.25, 0.3) is 0 Å². The molecule has 0 amide bonds. The number of pyridine rings is 1. The molecule has 136 valence electrons. The summed E-state index contributed by atoms with van der Waals surface area (Å²) in [5.41, 5.74) is 0.105. The van der Waals surface area contributed by atoms with Gasteiger partial charge < -0.3 is 14.2 Å². The monoisotopic (exact) mass is 366 g/mol. The third-order valence-corrected chi connectivity index (χ3v) is 4.32. The van der Waals surface area contributed by atoms with Crippen LogP contribution < -0.4 is 9.80 Å². The first-order chi connectivity index (χ1) is 12.4. The van der Waals surface area contributed by atoms with Crippen molar-refractivity contribution < 1.29 is 17.6 Å². The first kappa shape index (κ1) is 16.6. The van der Waals surface area contributed by atoms with Crippen LogP contribution in [0.4, 0.5) is 29.1 Å². The lowest BCUT2D eigenvalue weighted by atomic mass is 10.2. The highest BCUT2D eigenvalue weighted by Gasteiger charge is 2.34. The van der Waals surface area contributed by atoms with Gasteiger partial charge in [-0.05, 0) is 12.1 Å². The molecule has 0 aromatic carbocycles. The van der Waals surface area contributed by atoms with E-state index in [4.69, 9.17) is 0 Å². The third kappa shape index (κ3) is 3.02. The van der Waals surface area contributed by atoms with E-state index in [1.54, 1.807) is 18.3 Å². The normalized spacial score (nSPS) is 15.7. The molecule has 0 saturated carbocycles. The van der Waals surface area contributed by atoms with E-state index in [9.17, 15) is 17.6 Å². The maximum atomic E-state index is 13.8. The minimum Gasteiger partial charge on any atom is -0.367 e. The summed E-state index contributed by atoms with van der Waals surface area (Å²) in [5, 5.41) is 0. The summed E-state index contributed by atoms with van der Waals surface area (Å²) < 4.78 is 53.5. The summed E-state index contributed by atoms with van der Waals surface area (Å²) in [4.78, 5) is 15.0. The second kappa shape index (κ2) is 6.11. The van der Waals surface area contributed by atoms with Crippen molar-refractivity contribution in [1.82, 2.24) is 19.4 Å². The van der Waals surface area contributed by atoms with Crippen molar-refractivity contribution >= 4 is 17.2 Å². The molecule has 0 radical (unpaired) electrons. The van der Waals surface area contributed by atoms with Gasteiger partial charge in [-0.2, -0.15) is 13.2 Å². The fourth-order valence-corrected chi connectivity index (χ4v) is 3.02. The molecule has 1 fully saturated rings. The zero-order chi connectivity index (χ0) is 18.3. The molecule has 26 heavy (non-hydrogen) atoms. The van der Waals surface area contributed by atoms with Gasteiger partial charge >= 0.3 is 6.18 Å². The van der Waals surface area contributed by atoms with Crippen molar-refractivity contribution in [3.05, 3.63) is 48.6 Å². The zero-order valence-electron chi connectivity index (χ0n) is 13.5. The summed E-state index contributed by atoms with van der Waals surface area (Å²) in [6.07, 6.45) is 0.555. The van der Waals surface area contributed by atoms with E-state index in [1.807, 2.05) is 9.80 Å². The molecule has 6 nitrogen and oxygen atoms in total. The van der Waals surface area contributed by atoms with Gasteiger partial charge in [-0.1, -0.05) is 0 Å². The fraction of sp³-hybridized carbons (Fsp3) is 0.312. The van der Waals surface area contributed by atoms with E-state index >= 15 is 0 Å². The Morgan fingerprint density at radius 3 is 2.38 bits per heavy atom. The van der Waals surface area contributed by atoms with E-state index < -0.39 is 17.7 Å². The minimum absolute atomic E-state index is 0.239. The van der Waals surface area contributed by atoms with Gasteiger partial charge in [0.05, 0.1) is 11.9 Å². The maximum Gasteiger partial charge on any atom is 0.434 e. The number of alkyl halides is 3. The predicted octanol–water partition coefficient (Wildman–Crippen LogP) is 2.61.